The van der Waals surface area contributed by atoms with Gasteiger partial charge in [-0.25, -0.2) is 4.79 Å². The second-order valence-corrected chi connectivity index (χ2v) is 17.4. The zero-order valence-corrected chi connectivity index (χ0v) is 40.3. The molecule has 5 amide bonds. The van der Waals surface area contributed by atoms with Crippen LogP contribution in [0, 0.1) is 0 Å². The first-order valence-electron chi connectivity index (χ1n) is 24.3. The van der Waals surface area contributed by atoms with Gasteiger partial charge in [0.05, 0.1) is 26.2 Å². The quantitative estimate of drug-likeness (QED) is 0.0425. The third kappa shape index (κ3) is 29.7. The van der Waals surface area contributed by atoms with Gasteiger partial charge in [-0.1, -0.05) is 56.5 Å². The largest absolute Gasteiger partial charge is 0.480 e. The highest BCUT2D eigenvalue weighted by Gasteiger charge is 2.27. The van der Waals surface area contributed by atoms with E-state index < -0.39 is 60.2 Å². The SMILES string of the molecule is CCCCNC(=O)CCCCCCC(=O)NCCCCC(NC(=O)C(Cc1ccccc1)NC(=O)CNC(=O)CCCN1CCN(CC(=O)O)CCN(CC(=O)O)CCN(CC(=O)O)CC1)C(=O)O. The van der Waals surface area contributed by atoms with Gasteiger partial charge in [0.1, 0.15) is 12.1 Å². The fraction of sp³-hybridized carbons (Fsp3) is 0.681. The third-order valence-corrected chi connectivity index (χ3v) is 11.5. The number of nitrogens with one attached hydrogen (secondary N) is 5. The molecule has 1 aliphatic rings. The predicted molar refractivity (Wildman–Crippen MR) is 255 cm³/mol. The van der Waals surface area contributed by atoms with Gasteiger partial charge in [0, 0.05) is 91.1 Å². The number of carbonyl (C=O) groups is 9. The summed E-state index contributed by atoms with van der Waals surface area (Å²) in [5, 5.41) is 51.8. The Morgan fingerprint density at radius 2 is 0.971 bits per heavy atom. The highest BCUT2D eigenvalue weighted by Crippen LogP contribution is 2.09. The van der Waals surface area contributed by atoms with E-state index in [0.29, 0.717) is 89.9 Å². The zero-order valence-electron chi connectivity index (χ0n) is 40.3. The Morgan fingerprint density at radius 3 is 1.45 bits per heavy atom. The topological polar surface area (TPSA) is 308 Å². The summed E-state index contributed by atoms with van der Waals surface area (Å²) >= 11 is 0. The van der Waals surface area contributed by atoms with Crippen LogP contribution in [-0.2, 0) is 49.6 Å². The average molecular weight is 976 g/mol. The highest BCUT2D eigenvalue weighted by atomic mass is 16.4. The molecule has 22 nitrogen and oxygen atoms in total. The Balaban J connectivity index is 1.87. The van der Waals surface area contributed by atoms with Crippen LogP contribution in [0.4, 0.5) is 0 Å². The van der Waals surface area contributed by atoms with E-state index in [-0.39, 0.29) is 76.9 Å². The molecule has 2 atom stereocenters. The lowest BCUT2D eigenvalue weighted by Crippen LogP contribution is -2.54. The molecule has 9 N–H and O–H groups in total. The number of nitrogens with zero attached hydrogens (tertiary/aromatic N) is 4. The number of benzene rings is 1. The summed E-state index contributed by atoms with van der Waals surface area (Å²) in [7, 11) is 0. The van der Waals surface area contributed by atoms with Gasteiger partial charge in [0.2, 0.25) is 29.5 Å². The van der Waals surface area contributed by atoms with Crippen LogP contribution >= 0.6 is 0 Å². The normalized spacial score (nSPS) is 15.3. The van der Waals surface area contributed by atoms with Crippen LogP contribution in [0.15, 0.2) is 30.3 Å². The Labute approximate surface area is 405 Å². The van der Waals surface area contributed by atoms with Crippen LogP contribution < -0.4 is 26.6 Å². The number of hydrogen-bond donors (Lipinski definition) is 9. The van der Waals surface area contributed by atoms with E-state index in [9.17, 15) is 63.6 Å². The molecule has 2 rings (SSSR count). The first-order chi connectivity index (χ1) is 33.0. The van der Waals surface area contributed by atoms with E-state index in [0.717, 1.165) is 32.1 Å². The van der Waals surface area contributed by atoms with Crippen molar-refractivity contribution >= 4 is 53.4 Å². The Kier molecular flexibility index (Phi) is 30.5. The highest BCUT2D eigenvalue weighted by molar-refractivity contribution is 5.92. The average Bonchev–Trinajstić information content (AvgIpc) is 3.29. The summed E-state index contributed by atoms with van der Waals surface area (Å²) in [6.07, 6.45) is 7.32. The van der Waals surface area contributed by atoms with Crippen molar-refractivity contribution in [2.45, 2.75) is 109 Å². The summed E-state index contributed by atoms with van der Waals surface area (Å²) in [4.78, 5) is 118. The van der Waals surface area contributed by atoms with Gasteiger partial charge >= 0.3 is 23.9 Å². The van der Waals surface area contributed by atoms with Crippen LogP contribution in [0.5, 0.6) is 0 Å². The van der Waals surface area contributed by atoms with Crippen molar-refractivity contribution in [3.05, 3.63) is 35.9 Å². The summed E-state index contributed by atoms with van der Waals surface area (Å²) in [6.45, 7) is 4.79. The Morgan fingerprint density at radius 1 is 0.507 bits per heavy atom. The lowest BCUT2D eigenvalue weighted by Gasteiger charge is -2.33. The molecule has 0 radical (unpaired) electrons. The maximum atomic E-state index is 13.5. The molecule has 388 valence electrons. The second-order valence-electron chi connectivity index (χ2n) is 17.4. The van der Waals surface area contributed by atoms with Crippen LogP contribution in [0.3, 0.4) is 0 Å². The van der Waals surface area contributed by atoms with E-state index in [1.807, 2.05) is 4.90 Å². The van der Waals surface area contributed by atoms with E-state index in [2.05, 4.69) is 33.5 Å². The molecule has 1 fully saturated rings. The maximum Gasteiger partial charge on any atom is 0.326 e. The van der Waals surface area contributed by atoms with Crippen molar-refractivity contribution in [2.75, 3.05) is 98.2 Å². The Hall–Kier alpha value is -5.71. The minimum absolute atomic E-state index is 0.0190. The van der Waals surface area contributed by atoms with Crippen molar-refractivity contribution in [2.24, 2.45) is 0 Å². The first kappa shape index (κ1) is 59.4. The number of carbonyl (C=O) groups excluding carboxylic acids is 5. The fourth-order valence-electron chi connectivity index (χ4n) is 7.62. The molecule has 0 aromatic heterocycles. The minimum Gasteiger partial charge on any atom is -0.480 e. The molecule has 1 aliphatic heterocycles. The summed E-state index contributed by atoms with van der Waals surface area (Å²) < 4.78 is 0. The number of unbranched alkanes of at least 4 members (excludes halogenated alkanes) is 5. The van der Waals surface area contributed by atoms with Crippen molar-refractivity contribution in [1.82, 2.24) is 46.2 Å². The van der Waals surface area contributed by atoms with Gasteiger partial charge in [-0.2, -0.15) is 0 Å². The van der Waals surface area contributed by atoms with Gasteiger partial charge in [0.25, 0.3) is 0 Å². The molecular weight excluding hydrogens is 899 g/mol. The van der Waals surface area contributed by atoms with Gasteiger partial charge in [-0.3, -0.25) is 53.1 Å². The monoisotopic (exact) mass is 976 g/mol. The van der Waals surface area contributed by atoms with E-state index in [1.165, 1.54) is 0 Å². The zero-order chi connectivity index (χ0) is 50.8. The standard InChI is InChI=1S/C47H77N9O13/c1-2-3-20-48-39(57)17-9-4-5-10-18-40(58)49-21-12-11-16-37(47(68)69)52-46(67)38(31-36-14-7-6-8-15-36)51-42(60)32-50-41(59)19-13-22-53-23-25-54(33-43(61)62)27-29-56(35-45(65)66)30-28-55(26-24-53)34-44(63)64/h6-8,14-15,37-38H,2-5,9-13,16-35H2,1H3,(H,48,57)(H,49,58)(H,50,59)(H,51,60)(H,52,67)(H,61,62)(H,63,64)(H,65,66)(H,68,69). The number of carboxylic acids is 4. The summed E-state index contributed by atoms with van der Waals surface area (Å²) in [5.41, 5.74) is 0.703. The number of rotatable bonds is 33. The van der Waals surface area contributed by atoms with Crippen LogP contribution in [-0.4, -0.2) is 204 Å². The lowest BCUT2D eigenvalue weighted by atomic mass is 10.0. The molecule has 22 heteroatoms. The molecule has 0 saturated carbocycles. The van der Waals surface area contributed by atoms with Gasteiger partial charge in [0.15, 0.2) is 0 Å². The summed E-state index contributed by atoms with van der Waals surface area (Å²) in [6, 6.07) is 6.40. The number of aliphatic carboxylic acids is 4. The number of amides is 5. The summed E-state index contributed by atoms with van der Waals surface area (Å²) in [5.74, 6) is -6.27. The van der Waals surface area contributed by atoms with Crippen molar-refractivity contribution in [1.29, 1.82) is 0 Å². The van der Waals surface area contributed by atoms with Crippen LogP contribution in [0.2, 0.25) is 0 Å². The van der Waals surface area contributed by atoms with E-state index >= 15 is 0 Å². The molecule has 0 spiro atoms. The lowest BCUT2D eigenvalue weighted by molar-refractivity contribution is -0.142. The van der Waals surface area contributed by atoms with E-state index in [1.54, 1.807) is 45.0 Å². The molecular formula is C47H77N9O13. The van der Waals surface area contributed by atoms with E-state index in [4.69, 9.17) is 0 Å². The molecule has 1 saturated heterocycles. The Bertz CT molecular complexity index is 1720. The molecule has 1 heterocycles. The van der Waals surface area contributed by atoms with Crippen molar-refractivity contribution in [3.63, 3.8) is 0 Å². The molecule has 2 unspecified atom stereocenters. The van der Waals surface area contributed by atoms with Crippen LogP contribution in [0.25, 0.3) is 0 Å². The second kappa shape index (κ2) is 35.4. The number of carboxylic acid groups (broad SMARTS) is 4. The van der Waals surface area contributed by atoms with Gasteiger partial charge in [-0.05, 0) is 57.1 Å². The van der Waals surface area contributed by atoms with Crippen molar-refractivity contribution < 1.29 is 63.6 Å². The number of hydrogen-bond acceptors (Lipinski definition) is 13. The van der Waals surface area contributed by atoms with Gasteiger partial charge in [-0.15, -0.1) is 0 Å². The molecule has 0 bridgehead atoms. The third-order valence-electron chi connectivity index (χ3n) is 11.5. The van der Waals surface area contributed by atoms with Crippen LogP contribution in [0.1, 0.15) is 96.0 Å². The van der Waals surface area contributed by atoms with Crippen molar-refractivity contribution in [3.8, 4) is 0 Å². The predicted octanol–water partition coefficient (Wildman–Crippen LogP) is 0.198. The fourth-order valence-corrected chi connectivity index (χ4v) is 7.62. The molecule has 1 aromatic rings. The minimum atomic E-state index is -1.26. The molecule has 69 heavy (non-hydrogen) atoms. The maximum absolute atomic E-state index is 13.5. The molecule has 0 aliphatic carbocycles. The van der Waals surface area contributed by atoms with Gasteiger partial charge < -0.3 is 51.9 Å². The molecule has 1 aromatic carbocycles. The first-order valence-corrected chi connectivity index (χ1v) is 24.3. The smallest absolute Gasteiger partial charge is 0.326 e.